The molecule has 1 amide bonds. The standard InChI is InChI=1S/C17H15Cl2F3N2O3S/c1-28(26,27)24(9-11-4-2-3-5-13(11)18)10-16(25)23-15-8-12(17(20,21)22)6-7-14(15)19/h2-8H,9-10H2,1H3,(H,23,25). The number of nitrogens with one attached hydrogen (secondary N) is 1. The quantitative estimate of drug-likeness (QED) is 0.702. The summed E-state index contributed by atoms with van der Waals surface area (Å²) in [5.74, 6) is -0.848. The van der Waals surface area contributed by atoms with Crippen molar-refractivity contribution in [3.63, 3.8) is 0 Å². The molecule has 0 saturated heterocycles. The van der Waals surface area contributed by atoms with Crippen LogP contribution in [0.1, 0.15) is 11.1 Å². The highest BCUT2D eigenvalue weighted by molar-refractivity contribution is 7.88. The van der Waals surface area contributed by atoms with E-state index >= 15 is 0 Å². The fourth-order valence-corrected chi connectivity index (χ4v) is 3.34. The van der Waals surface area contributed by atoms with Gasteiger partial charge >= 0.3 is 6.18 Å². The summed E-state index contributed by atoms with van der Waals surface area (Å²) in [4.78, 5) is 12.3. The number of carbonyl (C=O) groups excluding carboxylic acids is 1. The van der Waals surface area contributed by atoms with E-state index in [2.05, 4.69) is 5.32 Å². The predicted molar refractivity (Wildman–Crippen MR) is 102 cm³/mol. The Morgan fingerprint density at radius 1 is 1.11 bits per heavy atom. The van der Waals surface area contributed by atoms with Crippen LogP contribution in [0, 0.1) is 0 Å². The third kappa shape index (κ3) is 6.10. The molecule has 0 atom stereocenters. The molecule has 2 rings (SSSR count). The van der Waals surface area contributed by atoms with Crippen molar-refractivity contribution < 1.29 is 26.4 Å². The summed E-state index contributed by atoms with van der Waals surface area (Å²) in [7, 11) is -3.81. The second-order valence-corrected chi connectivity index (χ2v) is 8.66. The summed E-state index contributed by atoms with van der Waals surface area (Å²) >= 11 is 11.9. The highest BCUT2D eigenvalue weighted by atomic mass is 35.5. The van der Waals surface area contributed by atoms with Crippen LogP contribution >= 0.6 is 23.2 Å². The molecule has 152 valence electrons. The molecule has 0 aliphatic rings. The number of nitrogens with zero attached hydrogens (tertiary/aromatic N) is 1. The number of rotatable bonds is 6. The molecule has 0 radical (unpaired) electrons. The van der Waals surface area contributed by atoms with E-state index in [4.69, 9.17) is 23.2 Å². The van der Waals surface area contributed by atoms with Crippen molar-refractivity contribution >= 4 is 44.8 Å². The smallest absolute Gasteiger partial charge is 0.324 e. The molecule has 11 heteroatoms. The zero-order chi connectivity index (χ0) is 21.1. The molecular weight excluding hydrogens is 440 g/mol. The minimum absolute atomic E-state index is 0.113. The summed E-state index contributed by atoms with van der Waals surface area (Å²) < 4.78 is 63.4. The van der Waals surface area contributed by atoms with Crippen LogP contribution in [0.15, 0.2) is 42.5 Å². The van der Waals surface area contributed by atoms with Crippen LogP contribution in [0.5, 0.6) is 0 Å². The van der Waals surface area contributed by atoms with Crippen molar-refractivity contribution in [2.75, 3.05) is 18.1 Å². The number of anilines is 1. The Hall–Kier alpha value is -1.81. The molecule has 2 aromatic carbocycles. The van der Waals surface area contributed by atoms with Crippen molar-refractivity contribution in [1.29, 1.82) is 0 Å². The fourth-order valence-electron chi connectivity index (χ4n) is 2.25. The molecular formula is C17H15Cl2F3N2O3S. The van der Waals surface area contributed by atoms with Gasteiger partial charge in [0, 0.05) is 11.6 Å². The van der Waals surface area contributed by atoms with Gasteiger partial charge in [-0.05, 0) is 29.8 Å². The molecule has 0 fully saturated rings. The lowest BCUT2D eigenvalue weighted by Crippen LogP contribution is -2.37. The van der Waals surface area contributed by atoms with E-state index in [0.29, 0.717) is 16.7 Å². The average Bonchev–Trinajstić information content (AvgIpc) is 2.56. The van der Waals surface area contributed by atoms with Crippen molar-refractivity contribution in [2.45, 2.75) is 12.7 Å². The topological polar surface area (TPSA) is 66.5 Å². The van der Waals surface area contributed by atoms with Crippen molar-refractivity contribution in [2.24, 2.45) is 0 Å². The molecule has 28 heavy (non-hydrogen) atoms. The van der Waals surface area contributed by atoms with Gasteiger partial charge in [0.2, 0.25) is 15.9 Å². The fraction of sp³-hybridized carbons (Fsp3) is 0.235. The number of carbonyl (C=O) groups is 1. The van der Waals surface area contributed by atoms with Crippen LogP contribution in [0.2, 0.25) is 10.0 Å². The van der Waals surface area contributed by atoms with Crippen molar-refractivity contribution in [3.8, 4) is 0 Å². The number of alkyl halides is 3. The van der Waals surface area contributed by atoms with Crippen molar-refractivity contribution in [3.05, 3.63) is 63.6 Å². The van der Waals surface area contributed by atoms with Gasteiger partial charge in [-0.2, -0.15) is 17.5 Å². The van der Waals surface area contributed by atoms with Crippen LogP contribution < -0.4 is 5.32 Å². The minimum atomic E-state index is -4.62. The van der Waals surface area contributed by atoms with Crippen LogP contribution in [0.25, 0.3) is 0 Å². The lowest BCUT2D eigenvalue weighted by atomic mass is 10.2. The van der Waals surface area contributed by atoms with Gasteiger partial charge in [0.25, 0.3) is 0 Å². The van der Waals surface area contributed by atoms with Crippen LogP contribution in [0.3, 0.4) is 0 Å². The van der Waals surface area contributed by atoms with Gasteiger partial charge in [0.05, 0.1) is 29.1 Å². The largest absolute Gasteiger partial charge is 0.416 e. The molecule has 2 aromatic rings. The van der Waals surface area contributed by atoms with Gasteiger partial charge < -0.3 is 5.32 Å². The van der Waals surface area contributed by atoms with Crippen LogP contribution in [0.4, 0.5) is 18.9 Å². The first-order chi connectivity index (χ1) is 12.9. The van der Waals surface area contributed by atoms with Crippen LogP contribution in [-0.4, -0.2) is 31.4 Å². The van der Waals surface area contributed by atoms with E-state index in [1.54, 1.807) is 24.3 Å². The van der Waals surface area contributed by atoms with Crippen LogP contribution in [-0.2, 0) is 27.5 Å². The molecule has 0 spiro atoms. The first-order valence-corrected chi connectivity index (χ1v) is 10.3. The number of amides is 1. The van der Waals surface area contributed by atoms with Gasteiger partial charge in [0.15, 0.2) is 0 Å². The molecule has 0 bridgehead atoms. The van der Waals surface area contributed by atoms with Gasteiger partial charge in [0.1, 0.15) is 0 Å². The average molecular weight is 455 g/mol. The number of hydrogen-bond donors (Lipinski definition) is 1. The number of sulfonamides is 1. The summed E-state index contributed by atoms with van der Waals surface area (Å²) in [6, 6.07) is 8.94. The molecule has 0 aliphatic carbocycles. The molecule has 0 heterocycles. The second kappa shape index (κ2) is 8.69. The summed E-state index contributed by atoms with van der Waals surface area (Å²) in [6.07, 6.45) is -3.71. The summed E-state index contributed by atoms with van der Waals surface area (Å²) in [5, 5.41) is 2.42. The predicted octanol–water partition coefficient (Wildman–Crippen LogP) is 4.41. The molecule has 0 saturated carbocycles. The normalized spacial score (nSPS) is 12.2. The maximum absolute atomic E-state index is 12.8. The number of halogens is 5. The SMILES string of the molecule is CS(=O)(=O)N(CC(=O)Nc1cc(C(F)(F)F)ccc1Cl)Cc1ccccc1Cl. The number of benzene rings is 2. The Labute approximate surface area is 170 Å². The third-order valence-electron chi connectivity index (χ3n) is 3.66. The Kier molecular flexibility index (Phi) is 6.97. The monoisotopic (exact) mass is 454 g/mol. The molecule has 0 aromatic heterocycles. The first-order valence-electron chi connectivity index (χ1n) is 7.73. The van der Waals surface area contributed by atoms with E-state index in [1.165, 1.54) is 0 Å². The Morgan fingerprint density at radius 3 is 2.32 bits per heavy atom. The lowest BCUT2D eigenvalue weighted by Gasteiger charge is -2.20. The molecule has 0 aliphatic heterocycles. The maximum Gasteiger partial charge on any atom is 0.416 e. The van der Waals surface area contributed by atoms with E-state index in [-0.39, 0.29) is 17.3 Å². The zero-order valence-corrected chi connectivity index (χ0v) is 16.8. The minimum Gasteiger partial charge on any atom is -0.324 e. The lowest BCUT2D eigenvalue weighted by molar-refractivity contribution is -0.137. The third-order valence-corrected chi connectivity index (χ3v) is 5.56. The molecule has 1 N–H and O–H groups in total. The van der Waals surface area contributed by atoms with Crippen molar-refractivity contribution in [1.82, 2.24) is 4.31 Å². The van der Waals surface area contributed by atoms with Gasteiger partial charge in [-0.3, -0.25) is 4.79 Å². The Bertz CT molecular complexity index is 982. The molecule has 0 unspecified atom stereocenters. The van der Waals surface area contributed by atoms with E-state index in [9.17, 15) is 26.4 Å². The highest BCUT2D eigenvalue weighted by Gasteiger charge is 2.31. The Morgan fingerprint density at radius 2 is 1.75 bits per heavy atom. The summed E-state index contributed by atoms with van der Waals surface area (Å²) in [6.45, 7) is -0.807. The van der Waals surface area contributed by atoms with Gasteiger partial charge in [-0.15, -0.1) is 0 Å². The highest BCUT2D eigenvalue weighted by Crippen LogP contribution is 2.33. The number of hydrogen-bond acceptors (Lipinski definition) is 3. The Balaban J connectivity index is 2.20. The van der Waals surface area contributed by atoms with E-state index in [0.717, 1.165) is 22.7 Å². The molecule has 5 nitrogen and oxygen atoms in total. The second-order valence-electron chi connectivity index (χ2n) is 5.86. The van der Waals surface area contributed by atoms with E-state index < -0.39 is 34.2 Å². The summed E-state index contributed by atoms with van der Waals surface area (Å²) in [5.41, 5.74) is -0.796. The maximum atomic E-state index is 12.8. The first kappa shape index (κ1) is 22.5. The van der Waals surface area contributed by atoms with Gasteiger partial charge in [-0.25, -0.2) is 8.42 Å². The van der Waals surface area contributed by atoms with E-state index in [1.807, 2.05) is 0 Å². The van der Waals surface area contributed by atoms with Gasteiger partial charge in [-0.1, -0.05) is 41.4 Å². The zero-order valence-electron chi connectivity index (χ0n) is 14.4.